The quantitative estimate of drug-likeness (QED) is 0.262. The third-order valence-electron chi connectivity index (χ3n) is 7.77. The molecule has 0 saturated heterocycles. The highest BCUT2D eigenvalue weighted by molar-refractivity contribution is 6.10. The maximum absolute atomic E-state index is 12.9. The predicted octanol–water partition coefficient (Wildman–Crippen LogP) is 7.13. The highest BCUT2D eigenvalue weighted by atomic mass is 16.5. The summed E-state index contributed by atoms with van der Waals surface area (Å²) < 4.78 is 11.0. The molecule has 0 amide bonds. The van der Waals surface area contributed by atoms with E-state index in [1.54, 1.807) is 20.3 Å². The van der Waals surface area contributed by atoms with Crippen molar-refractivity contribution in [3.63, 3.8) is 0 Å². The summed E-state index contributed by atoms with van der Waals surface area (Å²) in [7, 11) is 3.23. The first-order valence-corrected chi connectivity index (χ1v) is 12.2. The Morgan fingerprint density at radius 2 is 1.30 bits per heavy atom. The second kappa shape index (κ2) is 7.73. The molecule has 0 bridgehead atoms. The van der Waals surface area contributed by atoms with Crippen molar-refractivity contribution in [2.45, 2.75) is 5.60 Å². The van der Waals surface area contributed by atoms with Crippen LogP contribution < -0.4 is 9.47 Å². The van der Waals surface area contributed by atoms with Gasteiger partial charge in [-0.3, -0.25) is 0 Å². The number of phenolic OH excluding ortho intramolecular Hbond substituents is 1. The number of benzene rings is 6. The highest BCUT2D eigenvalue weighted by Crippen LogP contribution is 2.56. The molecule has 0 saturated carbocycles. The molecule has 37 heavy (non-hydrogen) atoms. The van der Waals surface area contributed by atoms with E-state index in [2.05, 4.69) is 30.3 Å². The second-order valence-electron chi connectivity index (χ2n) is 9.54. The Morgan fingerprint density at radius 3 is 2.14 bits per heavy atom. The molecule has 4 nitrogen and oxygen atoms in total. The summed E-state index contributed by atoms with van der Waals surface area (Å²) in [5.74, 6) is 1.41. The van der Waals surface area contributed by atoms with Crippen LogP contribution in [0.4, 0.5) is 0 Å². The maximum atomic E-state index is 12.9. The largest absolute Gasteiger partial charge is 0.507 e. The fraction of sp³-hybridized carbons (Fsp3) is 0.0909. The summed E-state index contributed by atoms with van der Waals surface area (Å²) in [5, 5.41) is 29.8. The van der Waals surface area contributed by atoms with Crippen molar-refractivity contribution in [1.29, 1.82) is 0 Å². The summed E-state index contributed by atoms with van der Waals surface area (Å²) in [5.41, 5.74) is 2.43. The Kier molecular flexibility index (Phi) is 4.54. The zero-order valence-electron chi connectivity index (χ0n) is 20.4. The third-order valence-corrected chi connectivity index (χ3v) is 7.77. The van der Waals surface area contributed by atoms with Crippen LogP contribution >= 0.6 is 0 Å². The fourth-order valence-corrected chi connectivity index (χ4v) is 6.05. The van der Waals surface area contributed by atoms with Gasteiger partial charge < -0.3 is 19.7 Å². The van der Waals surface area contributed by atoms with Crippen molar-refractivity contribution >= 4 is 32.3 Å². The molecule has 6 aromatic carbocycles. The van der Waals surface area contributed by atoms with Gasteiger partial charge >= 0.3 is 0 Å². The molecular weight excluding hydrogens is 460 g/mol. The number of methoxy groups -OCH3 is 2. The molecule has 1 aliphatic carbocycles. The smallest absolute Gasteiger partial charge is 0.142 e. The Morgan fingerprint density at radius 1 is 0.568 bits per heavy atom. The fourth-order valence-electron chi connectivity index (χ4n) is 6.05. The lowest BCUT2D eigenvalue weighted by molar-refractivity contribution is 0.132. The van der Waals surface area contributed by atoms with E-state index in [-0.39, 0.29) is 5.75 Å². The number of aromatic hydroxyl groups is 1. The Balaban J connectivity index is 1.63. The van der Waals surface area contributed by atoms with Crippen molar-refractivity contribution in [1.82, 2.24) is 0 Å². The molecule has 0 aliphatic heterocycles. The number of aliphatic hydroxyl groups is 1. The van der Waals surface area contributed by atoms with Crippen LogP contribution in [0.25, 0.3) is 43.4 Å². The topological polar surface area (TPSA) is 58.9 Å². The Hall–Kier alpha value is -4.54. The normalized spacial score (nSPS) is 16.2. The van der Waals surface area contributed by atoms with Gasteiger partial charge in [-0.25, -0.2) is 0 Å². The van der Waals surface area contributed by atoms with Crippen LogP contribution in [0.5, 0.6) is 17.2 Å². The minimum absolute atomic E-state index is 0.0940. The first-order chi connectivity index (χ1) is 18.0. The monoisotopic (exact) mass is 484 g/mol. The predicted molar refractivity (Wildman–Crippen MR) is 148 cm³/mol. The summed E-state index contributed by atoms with van der Waals surface area (Å²) >= 11 is 0. The zero-order chi connectivity index (χ0) is 25.3. The van der Waals surface area contributed by atoms with Gasteiger partial charge in [-0.15, -0.1) is 0 Å². The maximum Gasteiger partial charge on any atom is 0.142 e. The number of hydrogen-bond acceptors (Lipinski definition) is 4. The highest BCUT2D eigenvalue weighted by Gasteiger charge is 2.45. The summed E-state index contributed by atoms with van der Waals surface area (Å²) in [6.07, 6.45) is 0. The van der Waals surface area contributed by atoms with Gasteiger partial charge in [0.2, 0.25) is 0 Å². The molecule has 0 spiro atoms. The van der Waals surface area contributed by atoms with E-state index in [0.29, 0.717) is 22.4 Å². The van der Waals surface area contributed by atoms with Crippen molar-refractivity contribution in [3.8, 4) is 28.4 Å². The van der Waals surface area contributed by atoms with Crippen molar-refractivity contribution in [2.75, 3.05) is 14.2 Å². The first-order valence-electron chi connectivity index (χ1n) is 12.2. The average Bonchev–Trinajstić information content (AvgIpc) is 3.20. The van der Waals surface area contributed by atoms with E-state index >= 15 is 0 Å². The molecule has 0 radical (unpaired) electrons. The molecule has 1 unspecified atom stereocenters. The summed E-state index contributed by atoms with van der Waals surface area (Å²) in [6.45, 7) is 0. The third kappa shape index (κ3) is 2.87. The van der Waals surface area contributed by atoms with E-state index in [9.17, 15) is 10.2 Å². The molecule has 1 aliphatic rings. The SMILES string of the molecule is COc1ccc2c(c1)C(O)(c1cccc3c1ccc1ccccc13)c1cc(O)c3cc(OC)ccc3c1-2. The van der Waals surface area contributed by atoms with Gasteiger partial charge in [-0.1, -0.05) is 60.7 Å². The molecule has 180 valence electrons. The minimum Gasteiger partial charge on any atom is -0.507 e. The average molecular weight is 485 g/mol. The number of fused-ring (bicyclic) bond motifs is 8. The first kappa shape index (κ1) is 21.7. The van der Waals surface area contributed by atoms with Crippen molar-refractivity contribution in [3.05, 3.63) is 114 Å². The van der Waals surface area contributed by atoms with Gasteiger partial charge in [0.1, 0.15) is 22.8 Å². The van der Waals surface area contributed by atoms with Crippen LogP contribution in [0.1, 0.15) is 16.7 Å². The molecule has 4 heteroatoms. The van der Waals surface area contributed by atoms with E-state index < -0.39 is 5.60 Å². The minimum atomic E-state index is -1.51. The van der Waals surface area contributed by atoms with E-state index in [0.717, 1.165) is 49.2 Å². The van der Waals surface area contributed by atoms with Crippen molar-refractivity contribution in [2.24, 2.45) is 0 Å². The Labute approximate surface area is 213 Å². The Bertz CT molecular complexity index is 1890. The number of phenols is 1. The molecular formula is C33H24O4. The van der Waals surface area contributed by atoms with Crippen LogP contribution in [0, 0.1) is 0 Å². The number of rotatable bonds is 3. The molecule has 2 N–H and O–H groups in total. The molecule has 0 aromatic heterocycles. The molecule has 0 heterocycles. The van der Waals surface area contributed by atoms with E-state index in [1.807, 2.05) is 60.7 Å². The summed E-state index contributed by atoms with van der Waals surface area (Å²) in [4.78, 5) is 0. The number of hydrogen-bond donors (Lipinski definition) is 2. The van der Waals surface area contributed by atoms with Gasteiger partial charge in [0.25, 0.3) is 0 Å². The zero-order valence-corrected chi connectivity index (χ0v) is 20.4. The van der Waals surface area contributed by atoms with Crippen LogP contribution in [-0.2, 0) is 5.60 Å². The molecule has 0 fully saturated rings. The van der Waals surface area contributed by atoms with Gasteiger partial charge in [-0.2, -0.15) is 0 Å². The molecule has 7 rings (SSSR count). The second-order valence-corrected chi connectivity index (χ2v) is 9.54. The van der Waals surface area contributed by atoms with Crippen LogP contribution in [0.2, 0.25) is 0 Å². The van der Waals surface area contributed by atoms with Crippen LogP contribution in [0.3, 0.4) is 0 Å². The molecule has 1 atom stereocenters. The number of ether oxygens (including phenoxy) is 2. The van der Waals surface area contributed by atoms with Crippen LogP contribution in [0.15, 0.2) is 97.1 Å². The van der Waals surface area contributed by atoms with Crippen molar-refractivity contribution < 1.29 is 19.7 Å². The van der Waals surface area contributed by atoms with E-state index in [1.165, 1.54) is 0 Å². The van der Waals surface area contributed by atoms with Gasteiger partial charge in [0.15, 0.2) is 0 Å². The molecule has 6 aromatic rings. The lowest BCUT2D eigenvalue weighted by atomic mass is 9.80. The lowest BCUT2D eigenvalue weighted by Gasteiger charge is -2.29. The van der Waals surface area contributed by atoms with Gasteiger partial charge in [0.05, 0.1) is 14.2 Å². The lowest BCUT2D eigenvalue weighted by Crippen LogP contribution is -2.26. The van der Waals surface area contributed by atoms with Crippen LogP contribution in [-0.4, -0.2) is 24.4 Å². The van der Waals surface area contributed by atoms with E-state index in [4.69, 9.17) is 9.47 Å². The summed E-state index contributed by atoms with van der Waals surface area (Å²) in [6, 6.07) is 31.7. The standard InChI is InChI=1S/C33H24O4/c1-36-20-11-14-25-27(16-20)31(34)18-30-32(25)26-15-12-21(37-2)17-29(26)33(30,35)28-9-5-8-23-22-7-4-3-6-19(22)10-13-24(23)28/h3-18,34-35H,1-2H3. The van der Waals surface area contributed by atoms with Gasteiger partial charge in [0, 0.05) is 22.1 Å². The van der Waals surface area contributed by atoms with Gasteiger partial charge in [-0.05, 0) is 74.5 Å².